The van der Waals surface area contributed by atoms with Crippen LogP contribution in [0.4, 0.5) is 5.69 Å². The van der Waals surface area contributed by atoms with Crippen molar-refractivity contribution < 1.29 is 22.7 Å². The summed E-state index contributed by atoms with van der Waals surface area (Å²) < 4.78 is 30.6. The van der Waals surface area contributed by atoms with Gasteiger partial charge in [-0.2, -0.15) is 0 Å². The summed E-state index contributed by atoms with van der Waals surface area (Å²) in [6.45, 7) is 2.71. The van der Waals surface area contributed by atoms with E-state index in [2.05, 4.69) is 5.32 Å². The van der Waals surface area contributed by atoms with Crippen molar-refractivity contribution in [3.05, 3.63) is 29.8 Å². The zero-order valence-electron chi connectivity index (χ0n) is 13.4. The van der Waals surface area contributed by atoms with E-state index in [1.54, 1.807) is 19.1 Å². The lowest BCUT2D eigenvalue weighted by Crippen LogP contribution is -2.33. The van der Waals surface area contributed by atoms with Crippen LogP contribution in [0.1, 0.15) is 30.1 Å². The van der Waals surface area contributed by atoms with Gasteiger partial charge in [0.05, 0.1) is 23.5 Å². The molecule has 2 atom stereocenters. The van der Waals surface area contributed by atoms with E-state index in [9.17, 15) is 18.0 Å². The number of nitrogens with zero attached hydrogens (tertiary/aromatic N) is 1. The van der Waals surface area contributed by atoms with Crippen molar-refractivity contribution in [2.75, 3.05) is 23.2 Å². The van der Waals surface area contributed by atoms with Crippen LogP contribution in [0.5, 0.6) is 0 Å². The van der Waals surface area contributed by atoms with E-state index < -0.39 is 21.8 Å². The van der Waals surface area contributed by atoms with Crippen molar-refractivity contribution in [1.82, 2.24) is 5.32 Å². The van der Waals surface area contributed by atoms with Crippen LogP contribution in [0.25, 0.3) is 0 Å². The fourth-order valence-corrected chi connectivity index (χ4v) is 4.79. The summed E-state index contributed by atoms with van der Waals surface area (Å²) in [5.41, 5.74) is 0.516. The average Bonchev–Trinajstić information content (AvgIpc) is 3.11. The Hall–Kier alpha value is -1.93. The van der Waals surface area contributed by atoms with Crippen LogP contribution in [0, 0.1) is 5.92 Å². The number of ether oxygens (including phenoxy) is 1. The van der Waals surface area contributed by atoms with Crippen molar-refractivity contribution in [3.63, 3.8) is 0 Å². The van der Waals surface area contributed by atoms with Crippen LogP contribution in [-0.2, 0) is 19.6 Å². The maximum atomic E-state index is 12.3. The maximum absolute atomic E-state index is 12.3. The van der Waals surface area contributed by atoms with E-state index in [0.717, 1.165) is 17.1 Å². The number of amides is 2. The van der Waals surface area contributed by atoms with Gasteiger partial charge >= 0.3 is 0 Å². The lowest BCUT2D eigenvalue weighted by atomic mass is 10.1. The standard InChI is InChI=1S/C16H20N2O5S/c1-11-10-24(21,22)18(16(11)20)13-5-2-4-12(8-13)15(19)17-9-14-6-3-7-23-14/h2,4-5,8,11,14H,3,6-7,9-10H2,1H3,(H,17,19)/t11-,14-/m0/s1. The highest BCUT2D eigenvalue weighted by Crippen LogP contribution is 2.28. The van der Waals surface area contributed by atoms with Gasteiger partial charge in [0, 0.05) is 18.7 Å². The molecule has 130 valence electrons. The largest absolute Gasteiger partial charge is 0.376 e. The van der Waals surface area contributed by atoms with Gasteiger partial charge < -0.3 is 10.1 Å². The molecule has 2 saturated heterocycles. The molecule has 2 heterocycles. The first kappa shape index (κ1) is 16.9. The van der Waals surface area contributed by atoms with Gasteiger partial charge in [0.25, 0.3) is 5.91 Å². The first-order chi connectivity index (χ1) is 11.4. The molecular formula is C16H20N2O5S. The molecule has 2 amide bonds. The van der Waals surface area contributed by atoms with Crippen molar-refractivity contribution >= 4 is 27.5 Å². The van der Waals surface area contributed by atoms with E-state index in [0.29, 0.717) is 18.7 Å². The molecule has 0 aromatic heterocycles. The fourth-order valence-electron chi connectivity index (χ4n) is 2.97. The predicted molar refractivity (Wildman–Crippen MR) is 88.2 cm³/mol. The number of anilines is 1. The third-order valence-corrected chi connectivity index (χ3v) is 6.09. The van der Waals surface area contributed by atoms with Crippen LogP contribution in [0.3, 0.4) is 0 Å². The molecule has 3 rings (SSSR count). The number of benzene rings is 1. The molecule has 7 nitrogen and oxygen atoms in total. The number of nitrogens with one attached hydrogen (secondary N) is 1. The van der Waals surface area contributed by atoms with Crippen LogP contribution >= 0.6 is 0 Å². The summed E-state index contributed by atoms with van der Waals surface area (Å²) in [6, 6.07) is 6.11. The summed E-state index contributed by atoms with van der Waals surface area (Å²) >= 11 is 0. The number of hydrogen-bond acceptors (Lipinski definition) is 5. The molecule has 0 saturated carbocycles. The molecule has 0 bridgehead atoms. The van der Waals surface area contributed by atoms with Gasteiger partial charge in [-0.15, -0.1) is 0 Å². The van der Waals surface area contributed by atoms with Crippen LogP contribution in [0.15, 0.2) is 24.3 Å². The van der Waals surface area contributed by atoms with Crippen molar-refractivity contribution in [2.45, 2.75) is 25.9 Å². The lowest BCUT2D eigenvalue weighted by molar-refractivity contribution is -0.119. The Balaban J connectivity index is 1.76. The van der Waals surface area contributed by atoms with Gasteiger partial charge in [-0.25, -0.2) is 12.7 Å². The maximum Gasteiger partial charge on any atom is 0.251 e. The molecule has 8 heteroatoms. The third kappa shape index (κ3) is 3.29. The summed E-state index contributed by atoms with van der Waals surface area (Å²) in [5, 5.41) is 2.78. The Bertz CT molecular complexity index is 755. The molecule has 0 spiro atoms. The van der Waals surface area contributed by atoms with Crippen LogP contribution < -0.4 is 9.62 Å². The van der Waals surface area contributed by atoms with Crippen molar-refractivity contribution in [2.24, 2.45) is 5.92 Å². The summed E-state index contributed by atoms with van der Waals surface area (Å²) in [4.78, 5) is 24.4. The Morgan fingerprint density at radius 2 is 2.21 bits per heavy atom. The minimum absolute atomic E-state index is 0.0264. The molecule has 1 aromatic rings. The van der Waals surface area contributed by atoms with E-state index in [4.69, 9.17) is 4.74 Å². The number of hydrogen-bond donors (Lipinski definition) is 1. The van der Waals surface area contributed by atoms with Gasteiger partial charge in [-0.3, -0.25) is 9.59 Å². The van der Waals surface area contributed by atoms with Crippen LogP contribution in [-0.4, -0.2) is 45.2 Å². The fraction of sp³-hybridized carbons (Fsp3) is 0.500. The molecule has 0 unspecified atom stereocenters. The molecule has 2 fully saturated rings. The van der Waals surface area contributed by atoms with E-state index in [1.165, 1.54) is 12.1 Å². The van der Waals surface area contributed by atoms with Gasteiger partial charge in [0.2, 0.25) is 15.9 Å². The number of carbonyl (C=O) groups excluding carboxylic acids is 2. The second-order valence-electron chi connectivity index (χ2n) is 6.18. The molecule has 2 aliphatic rings. The summed E-state index contributed by atoms with van der Waals surface area (Å²) in [5.74, 6) is -1.57. The minimum Gasteiger partial charge on any atom is -0.376 e. The van der Waals surface area contributed by atoms with Crippen molar-refractivity contribution in [1.29, 1.82) is 0 Å². The smallest absolute Gasteiger partial charge is 0.251 e. The average molecular weight is 352 g/mol. The number of carbonyl (C=O) groups is 2. The molecule has 0 aliphatic carbocycles. The quantitative estimate of drug-likeness (QED) is 0.869. The molecule has 2 aliphatic heterocycles. The third-order valence-electron chi connectivity index (χ3n) is 4.22. The Kier molecular flexibility index (Phi) is 4.60. The molecule has 1 N–H and O–H groups in total. The van der Waals surface area contributed by atoms with Crippen molar-refractivity contribution in [3.8, 4) is 0 Å². The van der Waals surface area contributed by atoms with Gasteiger partial charge in [-0.05, 0) is 31.0 Å². The SMILES string of the molecule is C[C@H]1CS(=O)(=O)N(c2cccc(C(=O)NC[C@@H]3CCCO3)c2)C1=O. The highest BCUT2D eigenvalue weighted by Gasteiger charge is 2.42. The lowest BCUT2D eigenvalue weighted by Gasteiger charge is -2.16. The zero-order chi connectivity index (χ0) is 17.3. The zero-order valence-corrected chi connectivity index (χ0v) is 14.2. The topological polar surface area (TPSA) is 92.8 Å². The van der Waals surface area contributed by atoms with Gasteiger partial charge in [0.1, 0.15) is 0 Å². The second-order valence-corrected chi connectivity index (χ2v) is 8.04. The van der Waals surface area contributed by atoms with E-state index in [1.807, 2.05) is 0 Å². The highest BCUT2D eigenvalue weighted by atomic mass is 32.2. The first-order valence-electron chi connectivity index (χ1n) is 7.95. The minimum atomic E-state index is -3.67. The Morgan fingerprint density at radius 1 is 1.42 bits per heavy atom. The first-order valence-corrected chi connectivity index (χ1v) is 9.56. The van der Waals surface area contributed by atoms with E-state index >= 15 is 0 Å². The van der Waals surface area contributed by atoms with E-state index in [-0.39, 0.29) is 23.5 Å². The predicted octanol–water partition coefficient (Wildman–Crippen LogP) is 0.908. The molecule has 1 aromatic carbocycles. The number of sulfonamides is 1. The molecule has 0 radical (unpaired) electrons. The second kappa shape index (κ2) is 6.52. The molecule has 24 heavy (non-hydrogen) atoms. The van der Waals surface area contributed by atoms with Crippen LogP contribution in [0.2, 0.25) is 0 Å². The summed E-state index contributed by atoms with van der Waals surface area (Å²) in [7, 11) is -3.67. The highest BCUT2D eigenvalue weighted by molar-refractivity contribution is 7.94. The normalized spacial score (nSPS) is 25.9. The van der Waals surface area contributed by atoms with Gasteiger partial charge in [0.15, 0.2) is 0 Å². The summed E-state index contributed by atoms with van der Waals surface area (Å²) in [6.07, 6.45) is 1.93. The monoisotopic (exact) mass is 352 g/mol. The Morgan fingerprint density at radius 3 is 2.83 bits per heavy atom. The Labute approximate surface area is 141 Å². The molecular weight excluding hydrogens is 332 g/mol. The number of rotatable bonds is 4. The van der Waals surface area contributed by atoms with Gasteiger partial charge in [-0.1, -0.05) is 13.0 Å².